The van der Waals surface area contributed by atoms with E-state index in [0.29, 0.717) is 29.9 Å². The van der Waals surface area contributed by atoms with E-state index in [1.54, 1.807) is 6.92 Å². The number of ether oxygens (including phenoxy) is 1. The standard InChI is InChI=1S/C23H36N6O2/c1-18-25-21-5-3-4-20(22(21)23(30)26-18)24-8-16-31-17-15-28-9-6-19(7-10-28)29-13-11-27(2)12-14-29/h3-5,19,24H,6-17H2,1-2H3,(H,25,26,30). The molecule has 170 valence electrons. The van der Waals surface area contributed by atoms with Crippen molar-refractivity contribution in [2.24, 2.45) is 0 Å². The summed E-state index contributed by atoms with van der Waals surface area (Å²) in [5.41, 5.74) is 1.42. The van der Waals surface area contributed by atoms with E-state index < -0.39 is 0 Å². The van der Waals surface area contributed by atoms with Gasteiger partial charge < -0.3 is 24.8 Å². The second-order valence-electron chi connectivity index (χ2n) is 8.80. The van der Waals surface area contributed by atoms with Crippen LogP contribution >= 0.6 is 0 Å². The minimum Gasteiger partial charge on any atom is -0.382 e. The van der Waals surface area contributed by atoms with Gasteiger partial charge in [-0.15, -0.1) is 0 Å². The van der Waals surface area contributed by atoms with Crippen molar-refractivity contribution >= 4 is 16.6 Å². The Balaban J connectivity index is 1.13. The number of anilines is 1. The summed E-state index contributed by atoms with van der Waals surface area (Å²) >= 11 is 0. The molecule has 0 unspecified atom stereocenters. The number of piperazine rings is 1. The van der Waals surface area contributed by atoms with Gasteiger partial charge in [0.05, 0.1) is 24.1 Å². The second kappa shape index (κ2) is 10.5. The van der Waals surface area contributed by atoms with Crippen LogP contribution in [0.2, 0.25) is 0 Å². The van der Waals surface area contributed by atoms with E-state index in [1.807, 2.05) is 18.2 Å². The van der Waals surface area contributed by atoms with Gasteiger partial charge in [0.2, 0.25) is 0 Å². The number of hydrogen-bond acceptors (Lipinski definition) is 7. The average Bonchev–Trinajstić information content (AvgIpc) is 2.77. The molecule has 0 spiro atoms. The van der Waals surface area contributed by atoms with E-state index in [4.69, 9.17) is 4.74 Å². The predicted octanol–water partition coefficient (Wildman–Crippen LogP) is 1.37. The number of H-pyrrole nitrogens is 1. The quantitative estimate of drug-likeness (QED) is 0.615. The molecule has 31 heavy (non-hydrogen) atoms. The van der Waals surface area contributed by atoms with Crippen LogP contribution in [0.25, 0.3) is 10.9 Å². The van der Waals surface area contributed by atoms with Gasteiger partial charge in [-0.05, 0) is 52.0 Å². The largest absolute Gasteiger partial charge is 0.382 e. The van der Waals surface area contributed by atoms with Crippen molar-refractivity contribution < 1.29 is 4.74 Å². The third kappa shape index (κ3) is 5.83. The van der Waals surface area contributed by atoms with Crippen molar-refractivity contribution in [3.63, 3.8) is 0 Å². The summed E-state index contributed by atoms with van der Waals surface area (Å²) in [6, 6.07) is 6.46. The number of likely N-dealkylation sites (tertiary alicyclic amines) is 1. The number of fused-ring (bicyclic) bond motifs is 1. The lowest BCUT2D eigenvalue weighted by Crippen LogP contribution is -2.52. The molecule has 8 heteroatoms. The van der Waals surface area contributed by atoms with E-state index in [-0.39, 0.29) is 5.56 Å². The molecule has 2 aromatic rings. The Morgan fingerprint density at radius 3 is 2.68 bits per heavy atom. The molecule has 2 N–H and O–H groups in total. The number of nitrogens with one attached hydrogen (secondary N) is 2. The fourth-order valence-electron chi connectivity index (χ4n) is 4.70. The summed E-state index contributed by atoms with van der Waals surface area (Å²) in [4.78, 5) is 27.1. The Morgan fingerprint density at radius 2 is 1.90 bits per heavy atom. The lowest BCUT2D eigenvalue weighted by molar-refractivity contribution is 0.0531. The zero-order chi connectivity index (χ0) is 21.6. The smallest absolute Gasteiger partial charge is 0.260 e. The van der Waals surface area contributed by atoms with Crippen molar-refractivity contribution in [3.8, 4) is 0 Å². The maximum atomic E-state index is 12.3. The minimum atomic E-state index is -0.105. The van der Waals surface area contributed by atoms with Crippen LogP contribution in [0.3, 0.4) is 0 Å². The van der Waals surface area contributed by atoms with Crippen molar-refractivity contribution in [1.82, 2.24) is 24.7 Å². The van der Waals surface area contributed by atoms with Crippen molar-refractivity contribution in [1.29, 1.82) is 0 Å². The molecule has 0 atom stereocenters. The van der Waals surface area contributed by atoms with Gasteiger partial charge in [-0.2, -0.15) is 0 Å². The highest BCUT2D eigenvalue weighted by atomic mass is 16.5. The van der Waals surface area contributed by atoms with Gasteiger partial charge in [-0.1, -0.05) is 6.07 Å². The molecule has 0 saturated carbocycles. The van der Waals surface area contributed by atoms with Crippen LogP contribution in [0.5, 0.6) is 0 Å². The van der Waals surface area contributed by atoms with Crippen molar-refractivity contribution in [2.75, 3.05) is 77.9 Å². The van der Waals surface area contributed by atoms with Crippen LogP contribution in [0, 0.1) is 6.92 Å². The third-order valence-electron chi connectivity index (χ3n) is 6.58. The Morgan fingerprint density at radius 1 is 1.13 bits per heavy atom. The molecule has 2 saturated heterocycles. The van der Waals surface area contributed by atoms with E-state index in [1.165, 1.54) is 52.1 Å². The molecule has 1 aromatic heterocycles. The highest BCUT2D eigenvalue weighted by molar-refractivity contribution is 5.90. The maximum absolute atomic E-state index is 12.3. The summed E-state index contributed by atoms with van der Waals surface area (Å²) in [5.74, 6) is 0.630. The third-order valence-corrected chi connectivity index (χ3v) is 6.58. The Bertz CT molecular complexity index is 901. The number of benzene rings is 1. The molecule has 0 radical (unpaired) electrons. The number of nitrogens with zero attached hydrogens (tertiary/aromatic N) is 4. The molecular formula is C23H36N6O2. The summed E-state index contributed by atoms with van der Waals surface area (Å²) in [6.07, 6.45) is 2.54. The number of aryl methyl sites for hydroxylation is 1. The number of likely N-dealkylation sites (N-methyl/N-ethyl adjacent to an activating group) is 1. The number of rotatable bonds is 8. The van der Waals surface area contributed by atoms with Crippen molar-refractivity contribution in [2.45, 2.75) is 25.8 Å². The van der Waals surface area contributed by atoms with Crippen LogP contribution in [0.15, 0.2) is 23.0 Å². The van der Waals surface area contributed by atoms with Gasteiger partial charge in [0, 0.05) is 51.0 Å². The summed E-state index contributed by atoms with van der Waals surface area (Å²) in [7, 11) is 2.22. The fourth-order valence-corrected chi connectivity index (χ4v) is 4.70. The minimum absolute atomic E-state index is 0.105. The van der Waals surface area contributed by atoms with E-state index in [2.05, 4.69) is 37.0 Å². The molecule has 0 amide bonds. The highest BCUT2D eigenvalue weighted by Crippen LogP contribution is 2.19. The fraction of sp³-hybridized carbons (Fsp3) is 0.652. The summed E-state index contributed by atoms with van der Waals surface area (Å²) in [6.45, 7) is 12.0. The molecule has 4 rings (SSSR count). The first kappa shape index (κ1) is 22.2. The van der Waals surface area contributed by atoms with Crippen molar-refractivity contribution in [3.05, 3.63) is 34.4 Å². The molecule has 1 aromatic carbocycles. The first-order valence-corrected chi connectivity index (χ1v) is 11.6. The van der Waals surface area contributed by atoms with E-state index in [0.717, 1.165) is 24.9 Å². The Labute approximate surface area is 184 Å². The number of piperidine rings is 1. The number of hydrogen-bond donors (Lipinski definition) is 2. The first-order chi connectivity index (χ1) is 15.1. The molecule has 0 aliphatic carbocycles. The normalized spacial score (nSPS) is 19.8. The molecule has 2 aliphatic rings. The molecule has 2 fully saturated rings. The van der Waals surface area contributed by atoms with Crippen LogP contribution < -0.4 is 10.9 Å². The van der Waals surface area contributed by atoms with E-state index >= 15 is 0 Å². The number of aromatic nitrogens is 2. The first-order valence-electron chi connectivity index (χ1n) is 11.6. The van der Waals surface area contributed by atoms with Crippen LogP contribution in [0.4, 0.5) is 5.69 Å². The molecular weight excluding hydrogens is 392 g/mol. The molecule has 8 nitrogen and oxygen atoms in total. The second-order valence-corrected chi connectivity index (χ2v) is 8.80. The zero-order valence-electron chi connectivity index (χ0n) is 18.9. The lowest BCUT2D eigenvalue weighted by Gasteiger charge is -2.42. The predicted molar refractivity (Wildman–Crippen MR) is 125 cm³/mol. The van der Waals surface area contributed by atoms with Gasteiger partial charge in [0.25, 0.3) is 5.56 Å². The van der Waals surface area contributed by atoms with Gasteiger partial charge >= 0.3 is 0 Å². The monoisotopic (exact) mass is 428 g/mol. The van der Waals surface area contributed by atoms with Gasteiger partial charge in [0.15, 0.2) is 0 Å². The van der Waals surface area contributed by atoms with E-state index in [9.17, 15) is 4.79 Å². The lowest BCUT2D eigenvalue weighted by atomic mass is 10.0. The summed E-state index contributed by atoms with van der Waals surface area (Å²) in [5, 5.41) is 3.93. The maximum Gasteiger partial charge on any atom is 0.260 e. The molecule has 0 bridgehead atoms. The van der Waals surface area contributed by atoms with Gasteiger partial charge in [-0.25, -0.2) is 4.98 Å². The topological polar surface area (TPSA) is 76.7 Å². The molecule has 3 heterocycles. The Hall–Kier alpha value is -2.00. The number of aromatic amines is 1. The highest BCUT2D eigenvalue weighted by Gasteiger charge is 2.26. The van der Waals surface area contributed by atoms with Gasteiger partial charge in [0.1, 0.15) is 5.82 Å². The van der Waals surface area contributed by atoms with Gasteiger partial charge in [-0.3, -0.25) is 9.69 Å². The SMILES string of the molecule is Cc1nc2cccc(NCCOCCN3CCC(N4CCN(C)CC4)CC3)c2c(=O)[nH]1. The van der Waals surface area contributed by atoms with Crippen LogP contribution in [-0.2, 0) is 4.74 Å². The summed E-state index contributed by atoms with van der Waals surface area (Å²) < 4.78 is 5.85. The molecule has 2 aliphatic heterocycles. The Kier molecular flexibility index (Phi) is 7.55. The van der Waals surface area contributed by atoms with Crippen LogP contribution in [0.1, 0.15) is 18.7 Å². The average molecular weight is 429 g/mol. The van der Waals surface area contributed by atoms with Crippen LogP contribution in [-0.4, -0.2) is 103 Å². The zero-order valence-corrected chi connectivity index (χ0v) is 18.9.